The summed E-state index contributed by atoms with van der Waals surface area (Å²) in [5.41, 5.74) is 0.669. The van der Waals surface area contributed by atoms with Gasteiger partial charge in [-0.25, -0.2) is 13.2 Å². The van der Waals surface area contributed by atoms with Gasteiger partial charge in [0, 0.05) is 13.1 Å². The lowest BCUT2D eigenvalue weighted by molar-refractivity contribution is 0.226. The normalized spacial score (nSPS) is 10.9. The van der Waals surface area contributed by atoms with E-state index in [1.54, 1.807) is 18.2 Å². The summed E-state index contributed by atoms with van der Waals surface area (Å²) in [5.74, 6) is -1.91. The smallest absolute Gasteiger partial charge is 0.165 e. The fraction of sp³-hybridized carbons (Fsp3) is 0.250. The summed E-state index contributed by atoms with van der Waals surface area (Å²) in [6, 6.07) is 10.00. The number of halogens is 3. The van der Waals surface area contributed by atoms with Crippen LogP contribution in [-0.2, 0) is 6.54 Å². The maximum absolute atomic E-state index is 13.3. The van der Waals surface area contributed by atoms with Crippen molar-refractivity contribution in [2.75, 3.05) is 20.2 Å². The standard InChI is InChI=1S/C16H16F3NO/c1-20(11-12-6-7-13(17)15(19)10-12)8-9-21-16-5-3-2-4-14(16)18/h2-7,10H,8-9,11H2,1H3. The third-order valence-electron chi connectivity index (χ3n) is 3.00. The summed E-state index contributed by atoms with van der Waals surface area (Å²) < 4.78 is 44.6. The van der Waals surface area contributed by atoms with Crippen LogP contribution in [0.3, 0.4) is 0 Å². The van der Waals surface area contributed by atoms with E-state index >= 15 is 0 Å². The molecule has 0 atom stereocenters. The van der Waals surface area contributed by atoms with Gasteiger partial charge < -0.3 is 4.74 Å². The van der Waals surface area contributed by atoms with Crippen LogP contribution < -0.4 is 4.74 Å². The molecule has 0 aromatic heterocycles. The van der Waals surface area contributed by atoms with Gasteiger partial charge in [-0.1, -0.05) is 18.2 Å². The van der Waals surface area contributed by atoms with Crippen molar-refractivity contribution in [2.24, 2.45) is 0 Å². The molecule has 0 saturated carbocycles. The maximum Gasteiger partial charge on any atom is 0.165 e. The van der Waals surface area contributed by atoms with Crippen LogP contribution in [0.25, 0.3) is 0 Å². The fourth-order valence-electron chi connectivity index (χ4n) is 1.90. The molecule has 0 unspecified atom stereocenters. The molecule has 0 aliphatic rings. The average Bonchev–Trinajstić information content (AvgIpc) is 2.45. The number of rotatable bonds is 6. The van der Waals surface area contributed by atoms with Crippen molar-refractivity contribution in [3.8, 4) is 5.75 Å². The van der Waals surface area contributed by atoms with Crippen molar-refractivity contribution >= 4 is 0 Å². The van der Waals surface area contributed by atoms with Gasteiger partial charge >= 0.3 is 0 Å². The Morgan fingerprint density at radius 3 is 2.43 bits per heavy atom. The summed E-state index contributed by atoms with van der Waals surface area (Å²) in [6.45, 7) is 1.30. The molecule has 2 aromatic rings. The van der Waals surface area contributed by atoms with Crippen LogP contribution >= 0.6 is 0 Å². The minimum Gasteiger partial charge on any atom is -0.489 e. The molecule has 112 valence electrons. The third kappa shape index (κ3) is 4.49. The average molecular weight is 295 g/mol. The second-order valence-electron chi connectivity index (χ2n) is 4.77. The molecule has 0 saturated heterocycles. The van der Waals surface area contributed by atoms with Gasteiger partial charge in [0.2, 0.25) is 0 Å². The van der Waals surface area contributed by atoms with E-state index in [0.29, 0.717) is 25.3 Å². The lowest BCUT2D eigenvalue weighted by Gasteiger charge is -2.17. The van der Waals surface area contributed by atoms with Gasteiger partial charge in [-0.2, -0.15) is 0 Å². The molecule has 21 heavy (non-hydrogen) atoms. The molecule has 0 N–H and O–H groups in total. The first-order valence-corrected chi connectivity index (χ1v) is 6.56. The number of para-hydroxylation sites is 1. The van der Waals surface area contributed by atoms with Crippen LogP contribution in [0.4, 0.5) is 13.2 Å². The van der Waals surface area contributed by atoms with E-state index in [0.717, 1.165) is 6.07 Å². The molecule has 0 radical (unpaired) electrons. The molecule has 0 fully saturated rings. The molecule has 0 heterocycles. The van der Waals surface area contributed by atoms with Crippen molar-refractivity contribution in [2.45, 2.75) is 6.54 Å². The first-order valence-electron chi connectivity index (χ1n) is 6.56. The summed E-state index contributed by atoms with van der Waals surface area (Å²) >= 11 is 0. The van der Waals surface area contributed by atoms with Crippen LogP contribution in [0.5, 0.6) is 5.75 Å². The van der Waals surface area contributed by atoms with Crippen molar-refractivity contribution in [1.82, 2.24) is 4.90 Å². The summed E-state index contributed by atoms with van der Waals surface area (Å²) in [7, 11) is 1.83. The second-order valence-corrected chi connectivity index (χ2v) is 4.77. The van der Waals surface area contributed by atoms with Gasteiger partial charge in [-0.3, -0.25) is 4.90 Å². The topological polar surface area (TPSA) is 12.5 Å². The Labute approximate surface area is 121 Å². The number of hydrogen-bond acceptors (Lipinski definition) is 2. The van der Waals surface area contributed by atoms with Gasteiger partial charge in [-0.05, 0) is 36.9 Å². The molecule has 0 aliphatic carbocycles. The zero-order valence-electron chi connectivity index (χ0n) is 11.7. The van der Waals surface area contributed by atoms with Gasteiger partial charge in [-0.15, -0.1) is 0 Å². The Morgan fingerprint density at radius 2 is 1.71 bits per heavy atom. The number of hydrogen-bond donors (Lipinski definition) is 0. The molecular formula is C16H16F3NO. The van der Waals surface area contributed by atoms with E-state index in [-0.39, 0.29) is 5.75 Å². The van der Waals surface area contributed by atoms with Crippen LogP contribution in [-0.4, -0.2) is 25.1 Å². The zero-order valence-corrected chi connectivity index (χ0v) is 11.7. The Bertz CT molecular complexity index is 604. The van der Waals surface area contributed by atoms with E-state index in [4.69, 9.17) is 4.74 Å². The molecule has 0 amide bonds. The van der Waals surface area contributed by atoms with E-state index < -0.39 is 17.5 Å². The molecule has 2 aromatic carbocycles. The maximum atomic E-state index is 13.3. The highest BCUT2D eigenvalue weighted by Gasteiger charge is 2.06. The molecule has 0 aliphatic heterocycles. The largest absolute Gasteiger partial charge is 0.489 e. The highest BCUT2D eigenvalue weighted by Crippen LogP contribution is 2.15. The van der Waals surface area contributed by atoms with Gasteiger partial charge in [0.15, 0.2) is 23.2 Å². The third-order valence-corrected chi connectivity index (χ3v) is 3.00. The van der Waals surface area contributed by atoms with Crippen molar-refractivity contribution in [1.29, 1.82) is 0 Å². The highest BCUT2D eigenvalue weighted by atomic mass is 19.2. The number of nitrogens with zero attached hydrogens (tertiary/aromatic N) is 1. The Kier molecular flexibility index (Phi) is 5.22. The Morgan fingerprint density at radius 1 is 0.952 bits per heavy atom. The van der Waals surface area contributed by atoms with Gasteiger partial charge in [0.05, 0.1) is 0 Å². The monoisotopic (exact) mass is 295 g/mol. The molecule has 2 rings (SSSR count). The summed E-state index contributed by atoms with van der Waals surface area (Å²) in [6.07, 6.45) is 0. The van der Waals surface area contributed by atoms with Crippen molar-refractivity contribution in [3.05, 3.63) is 65.5 Å². The van der Waals surface area contributed by atoms with Crippen LogP contribution in [0.2, 0.25) is 0 Å². The first kappa shape index (κ1) is 15.4. The van der Waals surface area contributed by atoms with Crippen LogP contribution in [0.15, 0.2) is 42.5 Å². The van der Waals surface area contributed by atoms with Gasteiger partial charge in [0.1, 0.15) is 6.61 Å². The van der Waals surface area contributed by atoms with Crippen molar-refractivity contribution < 1.29 is 17.9 Å². The summed E-state index contributed by atoms with van der Waals surface area (Å²) in [4.78, 5) is 1.88. The van der Waals surface area contributed by atoms with Crippen LogP contribution in [0.1, 0.15) is 5.56 Å². The predicted octanol–water partition coefficient (Wildman–Crippen LogP) is 3.61. The molecule has 5 heteroatoms. The number of benzene rings is 2. The molecule has 0 bridgehead atoms. The van der Waals surface area contributed by atoms with E-state index in [2.05, 4.69) is 0 Å². The van der Waals surface area contributed by atoms with Gasteiger partial charge in [0.25, 0.3) is 0 Å². The van der Waals surface area contributed by atoms with Crippen LogP contribution in [0, 0.1) is 17.5 Å². The Hall–Kier alpha value is -2.01. The Balaban J connectivity index is 1.81. The lowest BCUT2D eigenvalue weighted by Crippen LogP contribution is -2.24. The fourth-order valence-corrected chi connectivity index (χ4v) is 1.90. The lowest BCUT2D eigenvalue weighted by atomic mass is 10.2. The first-order chi connectivity index (χ1) is 10.1. The number of likely N-dealkylation sites (N-methyl/N-ethyl adjacent to an activating group) is 1. The van der Waals surface area contributed by atoms with E-state index in [9.17, 15) is 13.2 Å². The molecule has 2 nitrogen and oxygen atoms in total. The van der Waals surface area contributed by atoms with Crippen molar-refractivity contribution in [3.63, 3.8) is 0 Å². The number of ether oxygens (including phenoxy) is 1. The highest BCUT2D eigenvalue weighted by molar-refractivity contribution is 5.23. The van der Waals surface area contributed by atoms with E-state index in [1.165, 1.54) is 18.2 Å². The minimum atomic E-state index is -0.858. The zero-order chi connectivity index (χ0) is 15.2. The SMILES string of the molecule is CN(CCOc1ccccc1F)Cc1ccc(F)c(F)c1. The minimum absolute atomic E-state index is 0.207. The quantitative estimate of drug-likeness (QED) is 0.807. The second kappa shape index (κ2) is 7.13. The summed E-state index contributed by atoms with van der Waals surface area (Å²) in [5, 5.41) is 0. The van der Waals surface area contributed by atoms with E-state index in [1.807, 2.05) is 11.9 Å². The molecule has 0 spiro atoms. The molecular weight excluding hydrogens is 279 g/mol. The predicted molar refractivity (Wildman–Crippen MR) is 74.6 cm³/mol.